The zero-order chi connectivity index (χ0) is 16.3. The third-order valence-electron chi connectivity index (χ3n) is 2.89. The molecule has 0 spiro atoms. The number of anilines is 2. The number of nitrogens with one attached hydrogen (secondary N) is 2. The Morgan fingerprint density at radius 2 is 1.77 bits per heavy atom. The standard InChI is InChI=1S/C14H14FN3O2S2/c1-9-2-3-10(15)8-13(9)18-14(21)17-11-4-6-12(7-5-11)22(16,19)20/h2-8H,1H3,(H2,16,19,20)(H2,17,18,21). The lowest BCUT2D eigenvalue weighted by molar-refractivity contribution is 0.598. The van der Waals surface area contributed by atoms with Crippen LogP contribution in [0.2, 0.25) is 0 Å². The molecule has 0 fully saturated rings. The molecule has 5 nitrogen and oxygen atoms in total. The van der Waals surface area contributed by atoms with Gasteiger partial charge in [-0.3, -0.25) is 0 Å². The Balaban J connectivity index is 2.07. The molecule has 0 bridgehead atoms. The molecule has 4 N–H and O–H groups in total. The Morgan fingerprint density at radius 3 is 2.36 bits per heavy atom. The molecule has 8 heteroatoms. The van der Waals surface area contributed by atoms with Crippen molar-refractivity contribution in [2.75, 3.05) is 10.6 Å². The van der Waals surface area contributed by atoms with Crippen molar-refractivity contribution in [3.05, 3.63) is 53.8 Å². The van der Waals surface area contributed by atoms with Crippen LogP contribution in [0.5, 0.6) is 0 Å². The van der Waals surface area contributed by atoms with Gasteiger partial charge in [0.2, 0.25) is 10.0 Å². The number of rotatable bonds is 3. The Labute approximate surface area is 133 Å². The lowest BCUT2D eigenvalue weighted by atomic mass is 10.2. The molecule has 0 aliphatic rings. The molecule has 0 amide bonds. The highest BCUT2D eigenvalue weighted by molar-refractivity contribution is 7.89. The van der Waals surface area contributed by atoms with Crippen LogP contribution in [-0.4, -0.2) is 13.5 Å². The molecule has 0 aliphatic heterocycles. The maximum atomic E-state index is 13.2. The van der Waals surface area contributed by atoms with Gasteiger partial charge in [-0.25, -0.2) is 17.9 Å². The van der Waals surface area contributed by atoms with Crippen molar-refractivity contribution in [1.29, 1.82) is 0 Å². The number of nitrogens with two attached hydrogens (primary N) is 1. The summed E-state index contributed by atoms with van der Waals surface area (Å²) < 4.78 is 35.5. The summed E-state index contributed by atoms with van der Waals surface area (Å²) in [5.41, 5.74) is 1.98. The van der Waals surface area contributed by atoms with Crippen molar-refractivity contribution in [3.63, 3.8) is 0 Å². The van der Waals surface area contributed by atoms with Crippen molar-refractivity contribution < 1.29 is 12.8 Å². The molecule has 2 aromatic carbocycles. The number of hydrogen-bond donors (Lipinski definition) is 3. The first-order valence-electron chi connectivity index (χ1n) is 6.23. The minimum atomic E-state index is -3.72. The van der Waals surface area contributed by atoms with Crippen LogP contribution >= 0.6 is 12.2 Å². The van der Waals surface area contributed by atoms with E-state index in [2.05, 4.69) is 10.6 Å². The van der Waals surface area contributed by atoms with E-state index in [9.17, 15) is 12.8 Å². The summed E-state index contributed by atoms with van der Waals surface area (Å²) in [5, 5.41) is 11.0. The fourth-order valence-corrected chi connectivity index (χ4v) is 2.48. The molecular formula is C14H14FN3O2S2. The Morgan fingerprint density at radius 1 is 1.14 bits per heavy atom. The molecule has 0 radical (unpaired) electrons. The van der Waals surface area contributed by atoms with Crippen molar-refractivity contribution in [2.45, 2.75) is 11.8 Å². The summed E-state index contributed by atoms with van der Waals surface area (Å²) >= 11 is 5.14. The second-order valence-corrected chi connectivity index (χ2v) is 6.58. The van der Waals surface area contributed by atoms with Gasteiger partial charge in [-0.15, -0.1) is 0 Å². The third kappa shape index (κ3) is 4.23. The van der Waals surface area contributed by atoms with Crippen LogP contribution in [0, 0.1) is 12.7 Å². The van der Waals surface area contributed by atoms with Gasteiger partial charge in [-0.1, -0.05) is 6.07 Å². The van der Waals surface area contributed by atoms with Gasteiger partial charge in [0.15, 0.2) is 5.11 Å². The highest BCUT2D eigenvalue weighted by atomic mass is 32.2. The van der Waals surface area contributed by atoms with Gasteiger partial charge >= 0.3 is 0 Å². The van der Waals surface area contributed by atoms with Gasteiger partial charge in [-0.2, -0.15) is 0 Å². The molecule has 22 heavy (non-hydrogen) atoms. The van der Waals surface area contributed by atoms with Crippen LogP contribution in [0.25, 0.3) is 0 Å². The van der Waals surface area contributed by atoms with E-state index in [1.54, 1.807) is 6.07 Å². The molecule has 0 aromatic heterocycles. The molecule has 2 aromatic rings. The van der Waals surface area contributed by atoms with Gasteiger partial charge in [0.25, 0.3) is 0 Å². The average Bonchev–Trinajstić information content (AvgIpc) is 2.42. The summed E-state index contributed by atoms with van der Waals surface area (Å²) in [4.78, 5) is 0.0119. The van der Waals surface area contributed by atoms with Gasteiger partial charge < -0.3 is 10.6 Å². The fourth-order valence-electron chi connectivity index (χ4n) is 1.74. The monoisotopic (exact) mass is 339 g/mol. The summed E-state index contributed by atoms with van der Waals surface area (Å²) in [6.45, 7) is 1.82. The van der Waals surface area contributed by atoms with Crippen LogP contribution in [0.3, 0.4) is 0 Å². The Kier molecular flexibility index (Phi) is 4.74. The van der Waals surface area contributed by atoms with E-state index >= 15 is 0 Å². The van der Waals surface area contributed by atoms with Crippen LogP contribution in [-0.2, 0) is 10.0 Å². The smallest absolute Gasteiger partial charge is 0.238 e. The number of aryl methyl sites for hydroxylation is 1. The maximum Gasteiger partial charge on any atom is 0.238 e. The second-order valence-electron chi connectivity index (χ2n) is 4.61. The fraction of sp³-hybridized carbons (Fsp3) is 0.0714. The molecular weight excluding hydrogens is 325 g/mol. The first-order valence-corrected chi connectivity index (χ1v) is 8.18. The van der Waals surface area contributed by atoms with Crippen LogP contribution < -0.4 is 15.8 Å². The minimum absolute atomic E-state index is 0.0119. The molecule has 0 aliphatic carbocycles. The molecule has 2 rings (SSSR count). The number of thiocarbonyl (C=S) groups is 1. The van der Waals surface area contributed by atoms with E-state index in [4.69, 9.17) is 17.4 Å². The van der Waals surface area contributed by atoms with E-state index in [-0.39, 0.29) is 15.8 Å². The number of hydrogen-bond acceptors (Lipinski definition) is 3. The molecule has 116 valence electrons. The quantitative estimate of drug-likeness (QED) is 0.749. The molecule has 0 saturated heterocycles. The van der Waals surface area contributed by atoms with E-state index in [1.807, 2.05) is 6.92 Å². The first kappa shape index (κ1) is 16.3. The SMILES string of the molecule is Cc1ccc(F)cc1NC(=S)Nc1ccc(S(N)(=O)=O)cc1. The predicted octanol–water partition coefficient (Wildman–Crippen LogP) is 2.59. The molecule has 0 unspecified atom stereocenters. The molecule has 0 saturated carbocycles. The van der Waals surface area contributed by atoms with Crippen molar-refractivity contribution in [2.24, 2.45) is 5.14 Å². The van der Waals surface area contributed by atoms with Crippen molar-refractivity contribution in [3.8, 4) is 0 Å². The van der Waals surface area contributed by atoms with E-state index in [0.717, 1.165) is 5.56 Å². The number of primary sulfonamides is 1. The van der Waals surface area contributed by atoms with Gasteiger partial charge in [0.05, 0.1) is 4.90 Å². The molecule has 0 atom stereocenters. The van der Waals surface area contributed by atoms with E-state index < -0.39 is 10.0 Å². The maximum absolute atomic E-state index is 13.2. The number of sulfonamides is 1. The van der Waals surface area contributed by atoms with Crippen molar-refractivity contribution in [1.82, 2.24) is 0 Å². The normalized spacial score (nSPS) is 11.0. The summed E-state index contributed by atoms with van der Waals surface area (Å²) in [6.07, 6.45) is 0. The zero-order valence-corrected chi connectivity index (χ0v) is 13.3. The lowest BCUT2D eigenvalue weighted by Gasteiger charge is -2.12. The Hall–Kier alpha value is -2.03. The van der Waals surface area contributed by atoms with E-state index in [0.29, 0.717) is 11.4 Å². The number of halogens is 1. The average molecular weight is 339 g/mol. The summed E-state index contributed by atoms with van der Waals surface area (Å²) in [6, 6.07) is 10.2. The third-order valence-corrected chi connectivity index (χ3v) is 4.02. The lowest BCUT2D eigenvalue weighted by Crippen LogP contribution is -2.20. The zero-order valence-electron chi connectivity index (χ0n) is 11.6. The van der Waals surface area contributed by atoms with E-state index in [1.165, 1.54) is 36.4 Å². The second kappa shape index (κ2) is 6.39. The molecule has 0 heterocycles. The van der Waals surface area contributed by atoms with Crippen molar-refractivity contribution >= 4 is 38.7 Å². The van der Waals surface area contributed by atoms with Gasteiger partial charge in [0, 0.05) is 11.4 Å². The summed E-state index contributed by atoms with van der Waals surface area (Å²) in [5.74, 6) is -0.367. The Bertz CT molecular complexity index is 805. The van der Waals surface area contributed by atoms with Crippen LogP contribution in [0.1, 0.15) is 5.56 Å². The number of benzene rings is 2. The van der Waals surface area contributed by atoms with Crippen LogP contribution in [0.15, 0.2) is 47.4 Å². The largest absolute Gasteiger partial charge is 0.332 e. The first-order chi connectivity index (χ1) is 10.3. The van der Waals surface area contributed by atoms with Gasteiger partial charge in [-0.05, 0) is 61.1 Å². The van der Waals surface area contributed by atoms with Crippen LogP contribution in [0.4, 0.5) is 15.8 Å². The predicted molar refractivity (Wildman–Crippen MR) is 88.8 cm³/mol. The topological polar surface area (TPSA) is 84.2 Å². The van der Waals surface area contributed by atoms with Gasteiger partial charge in [0.1, 0.15) is 5.82 Å². The highest BCUT2D eigenvalue weighted by Gasteiger charge is 2.08. The minimum Gasteiger partial charge on any atom is -0.332 e. The summed E-state index contributed by atoms with van der Waals surface area (Å²) in [7, 11) is -3.72. The highest BCUT2D eigenvalue weighted by Crippen LogP contribution is 2.17.